The zero-order valence-electron chi connectivity index (χ0n) is 14.5. The van der Waals surface area contributed by atoms with Crippen molar-refractivity contribution in [3.8, 4) is 0 Å². The lowest BCUT2D eigenvalue weighted by Crippen LogP contribution is -2.40. The molecule has 1 saturated heterocycles. The number of urea groups is 1. The molecule has 0 saturated carbocycles. The summed E-state index contributed by atoms with van der Waals surface area (Å²) >= 11 is 0. The Morgan fingerprint density at radius 3 is 2.43 bits per heavy atom. The fourth-order valence-corrected chi connectivity index (χ4v) is 2.47. The monoisotopic (exact) mass is 319 g/mol. The van der Waals surface area contributed by atoms with Gasteiger partial charge in [0.25, 0.3) is 0 Å². The predicted molar refractivity (Wildman–Crippen MR) is 92.2 cm³/mol. The third-order valence-electron chi connectivity index (χ3n) is 3.83. The minimum Gasteiger partial charge on any atom is -0.379 e. The van der Waals surface area contributed by atoms with Crippen molar-refractivity contribution in [3.63, 3.8) is 0 Å². The van der Waals surface area contributed by atoms with Crippen molar-refractivity contribution in [2.45, 2.75) is 33.9 Å². The van der Waals surface area contributed by atoms with Crippen LogP contribution in [0.1, 0.15) is 31.9 Å². The number of benzene rings is 1. The van der Waals surface area contributed by atoms with Gasteiger partial charge >= 0.3 is 6.03 Å². The van der Waals surface area contributed by atoms with E-state index in [0.717, 1.165) is 32.8 Å². The number of nitrogens with zero attached hydrogens (tertiary/aromatic N) is 1. The maximum absolute atomic E-state index is 11.9. The van der Waals surface area contributed by atoms with Gasteiger partial charge < -0.3 is 15.4 Å². The van der Waals surface area contributed by atoms with Gasteiger partial charge in [-0.25, -0.2) is 4.79 Å². The molecule has 1 aromatic rings. The summed E-state index contributed by atoms with van der Waals surface area (Å²) < 4.78 is 5.39. The molecule has 0 radical (unpaired) electrons. The molecule has 0 unspecified atom stereocenters. The molecule has 2 amide bonds. The Morgan fingerprint density at radius 1 is 1.13 bits per heavy atom. The number of amides is 2. The molecule has 0 bridgehead atoms. The third-order valence-corrected chi connectivity index (χ3v) is 3.83. The standard InChI is InChI=1S/C18H29N3O2/c1-18(2,3)14-20-17(22)19-12-15-6-4-5-7-16(15)13-21-8-10-23-11-9-21/h4-7H,8-14H2,1-3H3,(H2,19,20,22). The summed E-state index contributed by atoms with van der Waals surface area (Å²) in [6.07, 6.45) is 0. The summed E-state index contributed by atoms with van der Waals surface area (Å²) in [7, 11) is 0. The van der Waals surface area contributed by atoms with Crippen LogP contribution in [0.25, 0.3) is 0 Å². The Kier molecular flexibility index (Phi) is 6.42. The number of carbonyl (C=O) groups is 1. The maximum atomic E-state index is 11.9. The fraction of sp³-hybridized carbons (Fsp3) is 0.611. The first-order valence-electron chi connectivity index (χ1n) is 8.33. The highest BCUT2D eigenvalue weighted by Crippen LogP contribution is 2.13. The summed E-state index contributed by atoms with van der Waals surface area (Å²) in [6.45, 7) is 12.0. The molecule has 1 aromatic carbocycles. The van der Waals surface area contributed by atoms with Gasteiger partial charge in [-0.15, -0.1) is 0 Å². The van der Waals surface area contributed by atoms with Gasteiger partial charge in [0.2, 0.25) is 0 Å². The fourth-order valence-electron chi connectivity index (χ4n) is 2.47. The van der Waals surface area contributed by atoms with Crippen LogP contribution in [0.3, 0.4) is 0 Å². The highest BCUT2D eigenvalue weighted by atomic mass is 16.5. The van der Waals surface area contributed by atoms with Crippen LogP contribution in [0.15, 0.2) is 24.3 Å². The van der Waals surface area contributed by atoms with Crippen LogP contribution >= 0.6 is 0 Å². The number of hydrogen-bond donors (Lipinski definition) is 2. The van der Waals surface area contributed by atoms with Crippen LogP contribution in [0.2, 0.25) is 0 Å². The van der Waals surface area contributed by atoms with Crippen LogP contribution in [-0.4, -0.2) is 43.8 Å². The summed E-state index contributed by atoms with van der Waals surface area (Å²) in [6, 6.07) is 8.19. The first kappa shape index (κ1) is 17.8. The number of hydrogen-bond acceptors (Lipinski definition) is 3. The summed E-state index contributed by atoms with van der Waals surface area (Å²) in [4.78, 5) is 14.3. The molecule has 128 valence electrons. The van der Waals surface area contributed by atoms with Crippen molar-refractivity contribution in [2.75, 3.05) is 32.8 Å². The SMILES string of the molecule is CC(C)(C)CNC(=O)NCc1ccccc1CN1CCOCC1. The second kappa shape index (κ2) is 8.31. The molecule has 2 rings (SSSR count). The molecule has 1 fully saturated rings. The average Bonchev–Trinajstić information content (AvgIpc) is 2.52. The summed E-state index contributed by atoms with van der Waals surface area (Å²) in [5.74, 6) is 0. The van der Waals surface area contributed by atoms with Crippen LogP contribution in [0, 0.1) is 5.41 Å². The Labute approximate surface area is 139 Å². The summed E-state index contributed by atoms with van der Waals surface area (Å²) in [5, 5.41) is 5.87. The van der Waals surface area contributed by atoms with Crippen molar-refractivity contribution in [3.05, 3.63) is 35.4 Å². The van der Waals surface area contributed by atoms with E-state index in [9.17, 15) is 4.79 Å². The van der Waals surface area contributed by atoms with E-state index >= 15 is 0 Å². The van der Waals surface area contributed by atoms with Crippen LogP contribution in [0.4, 0.5) is 4.79 Å². The number of rotatable bonds is 5. The van der Waals surface area contributed by atoms with Gasteiger partial charge in [-0.2, -0.15) is 0 Å². The maximum Gasteiger partial charge on any atom is 0.315 e. The van der Waals surface area contributed by atoms with Gasteiger partial charge in [-0.3, -0.25) is 4.90 Å². The topological polar surface area (TPSA) is 53.6 Å². The summed E-state index contributed by atoms with van der Waals surface area (Å²) in [5.41, 5.74) is 2.53. The van der Waals surface area contributed by atoms with E-state index < -0.39 is 0 Å². The van der Waals surface area contributed by atoms with Crippen LogP contribution < -0.4 is 10.6 Å². The minimum atomic E-state index is -0.110. The van der Waals surface area contributed by atoms with Crippen LogP contribution in [-0.2, 0) is 17.8 Å². The molecule has 1 heterocycles. The normalized spacial score (nSPS) is 16.1. The number of ether oxygens (including phenoxy) is 1. The lowest BCUT2D eigenvalue weighted by Gasteiger charge is -2.27. The zero-order valence-corrected chi connectivity index (χ0v) is 14.5. The quantitative estimate of drug-likeness (QED) is 0.876. The van der Waals surface area contributed by atoms with Gasteiger partial charge in [0.15, 0.2) is 0 Å². The molecular weight excluding hydrogens is 290 g/mol. The zero-order chi connectivity index (χ0) is 16.7. The van der Waals surface area contributed by atoms with Gasteiger partial charge in [-0.05, 0) is 16.5 Å². The Morgan fingerprint density at radius 2 is 1.78 bits per heavy atom. The van der Waals surface area contributed by atoms with Crippen LogP contribution in [0.5, 0.6) is 0 Å². The van der Waals surface area contributed by atoms with Crippen molar-refractivity contribution in [1.82, 2.24) is 15.5 Å². The van der Waals surface area contributed by atoms with Crippen molar-refractivity contribution < 1.29 is 9.53 Å². The van der Waals surface area contributed by atoms with E-state index in [1.807, 2.05) is 6.07 Å². The Hall–Kier alpha value is -1.59. The second-order valence-electron chi connectivity index (χ2n) is 7.25. The highest BCUT2D eigenvalue weighted by molar-refractivity contribution is 5.73. The minimum absolute atomic E-state index is 0.0889. The molecule has 23 heavy (non-hydrogen) atoms. The Bertz CT molecular complexity index is 505. The van der Waals surface area contributed by atoms with E-state index in [1.54, 1.807) is 0 Å². The number of nitrogens with one attached hydrogen (secondary N) is 2. The second-order valence-corrected chi connectivity index (χ2v) is 7.25. The lowest BCUT2D eigenvalue weighted by atomic mass is 9.97. The van der Waals surface area contributed by atoms with E-state index in [1.165, 1.54) is 11.1 Å². The predicted octanol–water partition coefficient (Wildman–Crippen LogP) is 2.36. The Balaban J connectivity index is 1.86. The van der Waals surface area contributed by atoms with E-state index in [4.69, 9.17) is 4.74 Å². The van der Waals surface area contributed by atoms with Gasteiger partial charge in [-0.1, -0.05) is 45.0 Å². The molecule has 0 atom stereocenters. The van der Waals surface area contributed by atoms with E-state index in [0.29, 0.717) is 13.1 Å². The molecule has 0 aliphatic carbocycles. The highest BCUT2D eigenvalue weighted by Gasteiger charge is 2.14. The number of morpholine rings is 1. The molecule has 0 spiro atoms. The largest absolute Gasteiger partial charge is 0.379 e. The molecule has 2 N–H and O–H groups in total. The first-order valence-corrected chi connectivity index (χ1v) is 8.33. The number of carbonyl (C=O) groups excluding carboxylic acids is 1. The van der Waals surface area contributed by atoms with Crippen molar-refractivity contribution in [2.24, 2.45) is 5.41 Å². The molecule has 5 nitrogen and oxygen atoms in total. The lowest BCUT2D eigenvalue weighted by molar-refractivity contribution is 0.0341. The third kappa shape index (κ3) is 6.59. The first-order chi connectivity index (χ1) is 10.9. The van der Waals surface area contributed by atoms with E-state index in [-0.39, 0.29) is 11.4 Å². The molecule has 5 heteroatoms. The molecule has 1 aliphatic rings. The van der Waals surface area contributed by atoms with Gasteiger partial charge in [0.1, 0.15) is 0 Å². The van der Waals surface area contributed by atoms with Crippen molar-refractivity contribution in [1.29, 1.82) is 0 Å². The molecule has 0 aromatic heterocycles. The molecule has 1 aliphatic heterocycles. The van der Waals surface area contributed by atoms with Crippen molar-refractivity contribution >= 4 is 6.03 Å². The van der Waals surface area contributed by atoms with Gasteiger partial charge in [0, 0.05) is 32.7 Å². The van der Waals surface area contributed by atoms with Gasteiger partial charge in [0.05, 0.1) is 13.2 Å². The smallest absolute Gasteiger partial charge is 0.315 e. The average molecular weight is 319 g/mol. The molecular formula is C18H29N3O2. The van der Waals surface area contributed by atoms with E-state index in [2.05, 4.69) is 54.5 Å².